The minimum absolute atomic E-state index is 0.0518. The third kappa shape index (κ3) is 9.77. The van der Waals surface area contributed by atoms with E-state index < -0.39 is 12.8 Å². The topological polar surface area (TPSA) is 26.3 Å². The van der Waals surface area contributed by atoms with Crippen LogP contribution < -0.4 is 0 Å². The van der Waals surface area contributed by atoms with Crippen LogP contribution in [0.5, 0.6) is 0 Å². The van der Waals surface area contributed by atoms with E-state index in [1.54, 1.807) is 0 Å². The van der Waals surface area contributed by atoms with Gasteiger partial charge in [0.05, 0.1) is 6.61 Å². The smallest absolute Gasteiger partial charge is 0.371 e. The van der Waals surface area contributed by atoms with Crippen LogP contribution >= 0.6 is 11.8 Å². The number of hydrogen-bond acceptors (Lipinski definition) is 3. The molecule has 0 unspecified atom stereocenters. The van der Waals surface area contributed by atoms with Crippen molar-refractivity contribution in [3.8, 4) is 0 Å². The number of ether oxygens (including phenoxy) is 1. The number of rotatable bonds is 4. The van der Waals surface area contributed by atoms with Crippen LogP contribution in [0.4, 0.5) is 13.2 Å². The maximum absolute atomic E-state index is 11.4. The zero-order valence-electron chi connectivity index (χ0n) is 6.48. The Balaban J connectivity index is 3.17. The Morgan fingerprint density at radius 3 is 2.50 bits per heavy atom. The predicted octanol–water partition coefficient (Wildman–Crippen LogP) is 1.85. The molecule has 0 atom stereocenters. The Morgan fingerprint density at radius 1 is 1.50 bits per heavy atom. The first kappa shape index (κ1) is 11.8. The van der Waals surface area contributed by atoms with E-state index in [2.05, 4.69) is 4.74 Å². The molecule has 0 bridgehead atoms. The fourth-order valence-electron chi connectivity index (χ4n) is 0.432. The summed E-state index contributed by atoms with van der Waals surface area (Å²) in [7, 11) is 0. The van der Waals surface area contributed by atoms with Gasteiger partial charge in [-0.1, -0.05) is 11.8 Å². The number of halogens is 3. The third-order valence-corrected chi connectivity index (χ3v) is 1.58. The third-order valence-electron chi connectivity index (χ3n) is 0.799. The van der Waals surface area contributed by atoms with Crippen LogP contribution in [0.3, 0.4) is 0 Å². The molecule has 0 amide bonds. The fraction of sp³-hybridized carbons (Fsp3) is 0.833. The average molecular weight is 202 g/mol. The molecule has 0 spiro atoms. The molecule has 0 aliphatic rings. The number of carbonyl (C=O) groups excluding carboxylic acids is 1. The molecule has 0 fully saturated rings. The van der Waals surface area contributed by atoms with E-state index in [1.165, 1.54) is 6.92 Å². The van der Waals surface area contributed by atoms with Gasteiger partial charge in [-0.25, -0.2) is 0 Å². The molecule has 0 N–H and O–H groups in total. The van der Waals surface area contributed by atoms with Crippen LogP contribution in [0, 0.1) is 0 Å². The van der Waals surface area contributed by atoms with Crippen LogP contribution in [-0.2, 0) is 9.53 Å². The van der Waals surface area contributed by atoms with Gasteiger partial charge in [-0.15, -0.1) is 0 Å². The van der Waals surface area contributed by atoms with Crippen molar-refractivity contribution in [3.63, 3.8) is 0 Å². The first-order valence-electron chi connectivity index (χ1n) is 3.19. The van der Waals surface area contributed by atoms with Crippen molar-refractivity contribution in [2.45, 2.75) is 13.1 Å². The molecule has 0 aromatic carbocycles. The lowest BCUT2D eigenvalue weighted by atomic mass is 10.7. The molecule has 0 aliphatic carbocycles. The molecule has 6 heteroatoms. The maximum Gasteiger partial charge on any atom is 0.411 e. The van der Waals surface area contributed by atoms with E-state index in [1.807, 2.05) is 0 Å². The summed E-state index contributed by atoms with van der Waals surface area (Å²) in [6.45, 7) is 0.0592. The van der Waals surface area contributed by atoms with Crippen LogP contribution in [0.2, 0.25) is 0 Å². The molecule has 12 heavy (non-hydrogen) atoms. The lowest BCUT2D eigenvalue weighted by Crippen LogP contribution is -2.18. The molecular formula is C6H9F3O2S. The minimum atomic E-state index is -4.28. The Hall–Kier alpha value is -0.230. The van der Waals surface area contributed by atoms with E-state index in [0.717, 1.165) is 11.8 Å². The highest BCUT2D eigenvalue weighted by atomic mass is 32.2. The standard InChI is InChI=1S/C6H9F3O2S/c1-5(10)12-3-2-11-4-6(7,8)9/h2-4H2,1H3. The first-order chi connectivity index (χ1) is 5.42. The summed E-state index contributed by atoms with van der Waals surface area (Å²) >= 11 is 0.951. The van der Waals surface area contributed by atoms with Crippen molar-refractivity contribution < 1.29 is 22.7 Å². The predicted molar refractivity (Wildman–Crippen MR) is 40.0 cm³/mol. The molecule has 2 nitrogen and oxygen atoms in total. The van der Waals surface area contributed by atoms with Gasteiger partial charge in [0.25, 0.3) is 0 Å². The molecule has 0 aromatic heterocycles. The molecule has 72 valence electrons. The van der Waals surface area contributed by atoms with Gasteiger partial charge in [0, 0.05) is 12.7 Å². The zero-order valence-corrected chi connectivity index (χ0v) is 7.30. The summed E-state index contributed by atoms with van der Waals surface area (Å²) < 4.78 is 38.6. The average Bonchev–Trinajstić information content (AvgIpc) is 1.83. The van der Waals surface area contributed by atoms with Gasteiger partial charge in [-0.05, 0) is 0 Å². The Morgan fingerprint density at radius 2 is 2.08 bits per heavy atom. The molecule has 0 saturated heterocycles. The second kappa shape index (κ2) is 5.42. The quantitative estimate of drug-likeness (QED) is 0.651. The van der Waals surface area contributed by atoms with Crippen LogP contribution in [0.1, 0.15) is 6.92 Å². The summed E-state index contributed by atoms with van der Waals surface area (Å²) in [6, 6.07) is 0. The zero-order chi connectivity index (χ0) is 9.61. The Labute approximate surface area is 72.5 Å². The van der Waals surface area contributed by atoms with Crippen molar-refractivity contribution in [1.29, 1.82) is 0 Å². The molecule has 0 saturated carbocycles. The fourth-order valence-corrected chi connectivity index (χ4v) is 0.921. The summed E-state index contributed by atoms with van der Waals surface area (Å²) in [4.78, 5) is 10.3. The normalized spacial score (nSPS) is 11.7. The Bertz CT molecular complexity index is 146. The van der Waals surface area contributed by atoms with E-state index in [9.17, 15) is 18.0 Å². The van der Waals surface area contributed by atoms with Crippen molar-refractivity contribution in [2.24, 2.45) is 0 Å². The summed E-state index contributed by atoms with van der Waals surface area (Å²) in [6.07, 6.45) is -4.28. The monoisotopic (exact) mass is 202 g/mol. The van der Waals surface area contributed by atoms with Gasteiger partial charge in [-0.3, -0.25) is 4.79 Å². The highest BCUT2D eigenvalue weighted by Gasteiger charge is 2.27. The lowest BCUT2D eigenvalue weighted by Gasteiger charge is -2.05. The van der Waals surface area contributed by atoms with E-state index in [-0.39, 0.29) is 17.5 Å². The molecule has 0 heterocycles. The number of thioether (sulfide) groups is 1. The van der Waals surface area contributed by atoms with Crippen molar-refractivity contribution in [3.05, 3.63) is 0 Å². The second-order valence-electron chi connectivity index (χ2n) is 2.01. The largest absolute Gasteiger partial charge is 0.411 e. The summed E-state index contributed by atoms with van der Waals surface area (Å²) in [5.74, 6) is 0.269. The van der Waals surface area contributed by atoms with E-state index in [4.69, 9.17) is 0 Å². The van der Waals surface area contributed by atoms with Gasteiger partial charge in [0.1, 0.15) is 6.61 Å². The summed E-state index contributed by atoms with van der Waals surface area (Å²) in [5.41, 5.74) is 0. The van der Waals surface area contributed by atoms with Gasteiger partial charge in [-0.2, -0.15) is 13.2 Å². The summed E-state index contributed by atoms with van der Waals surface area (Å²) in [5, 5.41) is -0.120. The van der Waals surface area contributed by atoms with Crippen molar-refractivity contribution in [2.75, 3.05) is 19.0 Å². The second-order valence-corrected chi connectivity index (χ2v) is 3.28. The highest BCUT2D eigenvalue weighted by Crippen LogP contribution is 2.14. The molecule has 0 aliphatic heterocycles. The van der Waals surface area contributed by atoms with Crippen LogP contribution in [-0.4, -0.2) is 30.3 Å². The minimum Gasteiger partial charge on any atom is -0.371 e. The SMILES string of the molecule is CC(=O)SCCOCC(F)(F)F. The van der Waals surface area contributed by atoms with Gasteiger partial charge < -0.3 is 4.74 Å². The van der Waals surface area contributed by atoms with Gasteiger partial charge in [0.2, 0.25) is 0 Å². The number of alkyl halides is 3. The van der Waals surface area contributed by atoms with Crippen LogP contribution in [0.25, 0.3) is 0 Å². The first-order valence-corrected chi connectivity index (χ1v) is 4.18. The van der Waals surface area contributed by atoms with E-state index >= 15 is 0 Å². The molecule has 0 rings (SSSR count). The van der Waals surface area contributed by atoms with E-state index in [0.29, 0.717) is 0 Å². The number of carbonyl (C=O) groups is 1. The molecular weight excluding hydrogens is 193 g/mol. The molecule has 0 radical (unpaired) electrons. The Kier molecular flexibility index (Phi) is 5.32. The van der Waals surface area contributed by atoms with Gasteiger partial charge >= 0.3 is 6.18 Å². The lowest BCUT2D eigenvalue weighted by molar-refractivity contribution is -0.172. The number of hydrogen-bond donors (Lipinski definition) is 0. The molecule has 0 aromatic rings. The maximum atomic E-state index is 11.4. The van der Waals surface area contributed by atoms with Gasteiger partial charge in [0.15, 0.2) is 5.12 Å². The van der Waals surface area contributed by atoms with Crippen molar-refractivity contribution in [1.82, 2.24) is 0 Å². The van der Waals surface area contributed by atoms with Crippen LogP contribution in [0.15, 0.2) is 0 Å². The van der Waals surface area contributed by atoms with Crippen molar-refractivity contribution >= 4 is 16.9 Å². The highest BCUT2D eigenvalue weighted by molar-refractivity contribution is 8.13.